The minimum absolute atomic E-state index is 0.761. The summed E-state index contributed by atoms with van der Waals surface area (Å²) in [7, 11) is 2.02. The van der Waals surface area contributed by atoms with E-state index in [9.17, 15) is 0 Å². The van der Waals surface area contributed by atoms with Gasteiger partial charge in [0.25, 0.3) is 0 Å². The number of rotatable bonds is 1. The van der Waals surface area contributed by atoms with Crippen LogP contribution in [0.5, 0.6) is 0 Å². The first-order valence-electron chi connectivity index (χ1n) is 6.30. The van der Waals surface area contributed by atoms with Crippen LogP contribution in [-0.4, -0.2) is 14.5 Å². The van der Waals surface area contributed by atoms with E-state index in [4.69, 9.17) is 10.7 Å². The molecule has 2 N–H and O–H groups in total. The van der Waals surface area contributed by atoms with E-state index < -0.39 is 0 Å². The monoisotopic (exact) mass is 280 g/mol. The molecule has 0 unspecified atom stereocenters. The highest BCUT2D eigenvalue weighted by atomic mass is 32.1. The molecule has 0 saturated heterocycles. The van der Waals surface area contributed by atoms with E-state index in [0.717, 1.165) is 37.6 Å². The topological polar surface area (TPSA) is 56.7 Å². The van der Waals surface area contributed by atoms with Crippen LogP contribution in [-0.2, 0) is 7.05 Å². The lowest BCUT2D eigenvalue weighted by atomic mass is 10.2. The van der Waals surface area contributed by atoms with E-state index in [2.05, 4.69) is 15.6 Å². The maximum Gasteiger partial charge on any atom is 0.153 e. The number of pyridine rings is 1. The first kappa shape index (κ1) is 11.4. The number of benzene rings is 1. The molecule has 3 heterocycles. The second kappa shape index (κ2) is 4.05. The van der Waals surface area contributed by atoms with Crippen LogP contribution in [0.3, 0.4) is 0 Å². The summed E-state index contributed by atoms with van der Waals surface area (Å²) in [5.74, 6) is 0.895. The van der Waals surface area contributed by atoms with Crippen molar-refractivity contribution in [1.29, 1.82) is 0 Å². The van der Waals surface area contributed by atoms with Crippen LogP contribution in [0.25, 0.3) is 32.0 Å². The minimum atomic E-state index is 0.761. The number of para-hydroxylation sites is 2. The Labute approximate surface area is 119 Å². The molecule has 0 aliphatic rings. The van der Waals surface area contributed by atoms with Crippen molar-refractivity contribution in [3.05, 3.63) is 42.6 Å². The zero-order chi connectivity index (χ0) is 13.7. The molecule has 4 aromatic rings. The van der Waals surface area contributed by atoms with Crippen molar-refractivity contribution in [1.82, 2.24) is 14.5 Å². The number of aryl methyl sites for hydroxylation is 1. The number of hydrogen-bond donors (Lipinski definition) is 1. The highest BCUT2D eigenvalue weighted by molar-refractivity contribution is 7.22. The Hall–Kier alpha value is -2.40. The number of nitrogen functional groups attached to an aromatic ring is 1. The molecule has 4 rings (SSSR count). The molecule has 0 saturated carbocycles. The molecule has 0 bridgehead atoms. The maximum atomic E-state index is 6.28. The molecule has 3 aromatic heterocycles. The van der Waals surface area contributed by atoms with Gasteiger partial charge in [-0.05, 0) is 24.3 Å². The van der Waals surface area contributed by atoms with Gasteiger partial charge < -0.3 is 10.3 Å². The minimum Gasteiger partial charge on any atom is -0.397 e. The molecule has 0 atom stereocenters. The third kappa shape index (κ3) is 1.47. The number of thiophene rings is 1. The van der Waals surface area contributed by atoms with E-state index in [1.165, 1.54) is 0 Å². The maximum absolute atomic E-state index is 6.28. The zero-order valence-corrected chi connectivity index (χ0v) is 11.7. The summed E-state index contributed by atoms with van der Waals surface area (Å²) in [5, 5.41) is 1.000. The van der Waals surface area contributed by atoms with Gasteiger partial charge in [-0.25, -0.2) is 9.97 Å². The fraction of sp³-hybridized carbons (Fsp3) is 0.0667. The molecule has 98 valence electrons. The number of anilines is 1. The molecule has 0 amide bonds. The summed E-state index contributed by atoms with van der Waals surface area (Å²) in [6.07, 6.45) is 1.79. The molecule has 0 aliphatic heterocycles. The first-order chi connectivity index (χ1) is 9.75. The van der Waals surface area contributed by atoms with Gasteiger partial charge in [-0.3, -0.25) is 0 Å². The Bertz CT molecular complexity index is 858. The van der Waals surface area contributed by atoms with Gasteiger partial charge in [0.15, 0.2) is 5.82 Å². The van der Waals surface area contributed by atoms with Crippen molar-refractivity contribution < 1.29 is 0 Å². The van der Waals surface area contributed by atoms with Crippen LogP contribution >= 0.6 is 11.3 Å². The van der Waals surface area contributed by atoms with Crippen molar-refractivity contribution in [3.63, 3.8) is 0 Å². The molecule has 20 heavy (non-hydrogen) atoms. The standard InChI is InChI=1S/C15H12N4S/c1-19-11-7-3-2-6-10(11)18-14(19)13-12(16)9-5-4-8-17-15(9)20-13/h2-8H,16H2,1H3. The Morgan fingerprint density at radius 3 is 2.80 bits per heavy atom. The SMILES string of the molecule is Cn1c(-c2sc3ncccc3c2N)nc2ccccc21. The lowest BCUT2D eigenvalue weighted by Gasteiger charge is -2.00. The second-order valence-electron chi connectivity index (χ2n) is 4.68. The number of aromatic nitrogens is 3. The van der Waals surface area contributed by atoms with Gasteiger partial charge in [-0.1, -0.05) is 12.1 Å². The molecular weight excluding hydrogens is 268 g/mol. The average Bonchev–Trinajstić information content (AvgIpc) is 2.98. The van der Waals surface area contributed by atoms with Gasteiger partial charge in [0.1, 0.15) is 4.83 Å². The third-order valence-electron chi connectivity index (χ3n) is 3.49. The number of nitrogens with zero attached hydrogens (tertiary/aromatic N) is 3. The normalized spacial score (nSPS) is 11.4. The van der Waals surface area contributed by atoms with Gasteiger partial charge in [0.2, 0.25) is 0 Å². The van der Waals surface area contributed by atoms with Gasteiger partial charge in [-0.15, -0.1) is 11.3 Å². The van der Waals surface area contributed by atoms with Crippen LogP contribution in [0.1, 0.15) is 0 Å². The largest absolute Gasteiger partial charge is 0.397 e. The highest BCUT2D eigenvalue weighted by Crippen LogP contribution is 2.39. The Morgan fingerprint density at radius 2 is 2.00 bits per heavy atom. The predicted octanol–water partition coefficient (Wildman–Crippen LogP) is 3.43. The summed E-state index contributed by atoms with van der Waals surface area (Å²) < 4.78 is 2.08. The van der Waals surface area contributed by atoms with Gasteiger partial charge in [-0.2, -0.15) is 0 Å². The molecule has 1 aromatic carbocycles. The first-order valence-corrected chi connectivity index (χ1v) is 7.12. The summed E-state index contributed by atoms with van der Waals surface area (Å²) in [4.78, 5) is 11.0. The molecule has 0 aliphatic carbocycles. The zero-order valence-electron chi connectivity index (χ0n) is 10.9. The van der Waals surface area contributed by atoms with Crippen molar-refractivity contribution in [3.8, 4) is 10.7 Å². The van der Waals surface area contributed by atoms with Crippen LogP contribution in [0.2, 0.25) is 0 Å². The highest BCUT2D eigenvalue weighted by Gasteiger charge is 2.17. The summed E-state index contributed by atoms with van der Waals surface area (Å²) >= 11 is 1.59. The van der Waals surface area contributed by atoms with E-state index in [1.54, 1.807) is 17.5 Å². The third-order valence-corrected chi connectivity index (χ3v) is 4.62. The Balaban J connectivity index is 2.06. The van der Waals surface area contributed by atoms with Gasteiger partial charge >= 0.3 is 0 Å². The summed E-state index contributed by atoms with van der Waals surface area (Å²) in [6, 6.07) is 12.0. The molecule has 4 nitrogen and oxygen atoms in total. The van der Waals surface area contributed by atoms with Crippen LogP contribution in [0, 0.1) is 0 Å². The fourth-order valence-electron chi connectivity index (χ4n) is 2.47. The Morgan fingerprint density at radius 1 is 1.15 bits per heavy atom. The van der Waals surface area contributed by atoms with Crippen LogP contribution in [0.4, 0.5) is 5.69 Å². The van der Waals surface area contributed by atoms with Gasteiger partial charge in [0.05, 0.1) is 21.6 Å². The van der Waals surface area contributed by atoms with Crippen LogP contribution in [0.15, 0.2) is 42.6 Å². The lowest BCUT2D eigenvalue weighted by molar-refractivity contribution is 0.963. The smallest absolute Gasteiger partial charge is 0.153 e. The molecule has 5 heteroatoms. The molecule has 0 spiro atoms. The number of fused-ring (bicyclic) bond motifs is 2. The van der Waals surface area contributed by atoms with Gasteiger partial charge in [0, 0.05) is 18.6 Å². The van der Waals surface area contributed by atoms with E-state index in [1.807, 2.05) is 37.4 Å². The van der Waals surface area contributed by atoms with E-state index in [0.29, 0.717) is 0 Å². The van der Waals surface area contributed by atoms with E-state index in [-0.39, 0.29) is 0 Å². The van der Waals surface area contributed by atoms with Crippen LogP contribution < -0.4 is 5.73 Å². The molecular formula is C15H12N4S. The Kier molecular flexibility index (Phi) is 2.31. The predicted molar refractivity (Wildman–Crippen MR) is 83.7 cm³/mol. The number of hydrogen-bond acceptors (Lipinski definition) is 4. The van der Waals surface area contributed by atoms with Crippen molar-refractivity contribution in [2.45, 2.75) is 0 Å². The quantitative estimate of drug-likeness (QED) is 0.581. The molecule has 0 radical (unpaired) electrons. The lowest BCUT2D eigenvalue weighted by Crippen LogP contribution is -1.93. The molecule has 0 fully saturated rings. The summed E-state index contributed by atoms with van der Waals surface area (Å²) in [6.45, 7) is 0. The van der Waals surface area contributed by atoms with E-state index >= 15 is 0 Å². The fourth-order valence-corrected chi connectivity index (χ4v) is 3.55. The number of imidazole rings is 1. The van der Waals surface area contributed by atoms with Crippen molar-refractivity contribution in [2.75, 3.05) is 5.73 Å². The average molecular weight is 280 g/mol. The number of nitrogens with two attached hydrogens (primary N) is 1. The van der Waals surface area contributed by atoms with Crippen molar-refractivity contribution >= 4 is 38.3 Å². The van der Waals surface area contributed by atoms with Crippen molar-refractivity contribution in [2.24, 2.45) is 7.05 Å². The second-order valence-corrected chi connectivity index (χ2v) is 5.68. The summed E-state index contributed by atoms with van der Waals surface area (Å²) in [5.41, 5.74) is 9.12.